The second kappa shape index (κ2) is 11.7. The quantitative estimate of drug-likeness (QED) is 0.292. The van der Waals surface area contributed by atoms with Gasteiger partial charge in [-0.15, -0.1) is 0 Å². The predicted octanol–water partition coefficient (Wildman–Crippen LogP) is 9.89. The number of fused-ring (bicyclic) bond motifs is 1. The summed E-state index contributed by atoms with van der Waals surface area (Å²) in [6.07, 6.45) is 17.0. The van der Waals surface area contributed by atoms with Gasteiger partial charge in [0.2, 0.25) is 0 Å². The molecule has 172 valence electrons. The molecule has 1 heteroatoms. The third kappa shape index (κ3) is 6.06. The summed E-state index contributed by atoms with van der Waals surface area (Å²) >= 11 is 0. The largest absolute Gasteiger partial charge is 0.355 e. The number of aromatic nitrogens is 1. The highest BCUT2D eigenvalue weighted by Crippen LogP contribution is 2.39. The smallest absolute Gasteiger partial charge is 0.0464 e. The number of aromatic amines is 1. The second-order valence-corrected chi connectivity index (χ2v) is 10.3. The average Bonchev–Trinajstić information content (AvgIpc) is 3.29. The molecule has 32 heavy (non-hydrogen) atoms. The number of para-hydroxylation sites is 1. The van der Waals surface area contributed by atoms with Crippen LogP contribution in [0.25, 0.3) is 22.2 Å². The predicted molar refractivity (Wildman–Crippen MR) is 140 cm³/mol. The van der Waals surface area contributed by atoms with E-state index in [-0.39, 0.29) is 0 Å². The molecule has 0 aliphatic heterocycles. The molecule has 0 amide bonds. The van der Waals surface area contributed by atoms with Crippen LogP contribution in [0.3, 0.4) is 0 Å². The van der Waals surface area contributed by atoms with Crippen LogP contribution in [0, 0.1) is 11.8 Å². The van der Waals surface area contributed by atoms with E-state index in [2.05, 4.69) is 73.4 Å². The van der Waals surface area contributed by atoms with Crippen molar-refractivity contribution in [3.05, 3.63) is 60.2 Å². The van der Waals surface area contributed by atoms with Gasteiger partial charge in [0.1, 0.15) is 0 Å². The zero-order chi connectivity index (χ0) is 22.2. The molecule has 3 aromatic rings. The molecule has 0 radical (unpaired) electrons. The molecule has 1 aliphatic carbocycles. The van der Waals surface area contributed by atoms with E-state index in [9.17, 15) is 0 Å². The fourth-order valence-electron chi connectivity index (χ4n) is 5.88. The Labute approximate surface area is 196 Å². The minimum atomic E-state index is 0.745. The van der Waals surface area contributed by atoms with Crippen molar-refractivity contribution < 1.29 is 0 Å². The summed E-state index contributed by atoms with van der Waals surface area (Å²) in [5.41, 5.74) is 5.34. The van der Waals surface area contributed by atoms with Gasteiger partial charge in [-0.3, -0.25) is 0 Å². The summed E-state index contributed by atoms with van der Waals surface area (Å²) < 4.78 is 0. The first-order chi connectivity index (χ1) is 15.8. The molecule has 1 aliphatic rings. The second-order valence-electron chi connectivity index (χ2n) is 10.3. The van der Waals surface area contributed by atoms with E-state index >= 15 is 0 Å². The lowest BCUT2D eigenvalue weighted by Gasteiger charge is -2.29. The molecule has 0 saturated heterocycles. The lowest BCUT2D eigenvalue weighted by atomic mass is 9.76. The van der Waals surface area contributed by atoms with Crippen LogP contribution in [-0.2, 0) is 0 Å². The topological polar surface area (TPSA) is 15.8 Å². The van der Waals surface area contributed by atoms with E-state index in [1.807, 2.05) is 0 Å². The molecule has 0 spiro atoms. The lowest BCUT2D eigenvalue weighted by molar-refractivity contribution is 0.297. The Hall–Kier alpha value is -2.02. The maximum Gasteiger partial charge on any atom is 0.0464 e. The molecular formula is C31H43N. The van der Waals surface area contributed by atoms with Crippen LogP contribution in [0.5, 0.6) is 0 Å². The maximum absolute atomic E-state index is 3.60. The molecule has 4 rings (SSSR count). The van der Waals surface area contributed by atoms with E-state index in [0.29, 0.717) is 0 Å². The molecule has 1 heterocycles. The van der Waals surface area contributed by atoms with E-state index in [1.165, 1.54) is 99.2 Å². The van der Waals surface area contributed by atoms with Crippen LogP contribution in [0.15, 0.2) is 54.6 Å². The van der Waals surface area contributed by atoms with Gasteiger partial charge in [0.15, 0.2) is 0 Å². The molecule has 1 nitrogen and oxygen atoms in total. The number of nitrogens with one attached hydrogen (secondary N) is 1. The summed E-state index contributed by atoms with van der Waals surface area (Å²) in [5.74, 6) is 2.70. The van der Waals surface area contributed by atoms with Crippen molar-refractivity contribution >= 4 is 10.9 Å². The molecule has 1 N–H and O–H groups in total. The van der Waals surface area contributed by atoms with E-state index in [1.54, 1.807) is 5.56 Å². The zero-order valence-electron chi connectivity index (χ0n) is 20.4. The van der Waals surface area contributed by atoms with Crippen molar-refractivity contribution in [2.45, 2.75) is 96.8 Å². The van der Waals surface area contributed by atoms with Gasteiger partial charge in [-0.05, 0) is 72.8 Å². The van der Waals surface area contributed by atoms with Crippen LogP contribution < -0.4 is 0 Å². The fraction of sp³-hybridized carbons (Fsp3) is 0.548. The van der Waals surface area contributed by atoms with Crippen molar-refractivity contribution in [1.29, 1.82) is 0 Å². The number of rotatable bonds is 11. The van der Waals surface area contributed by atoms with Crippen LogP contribution >= 0.6 is 0 Å². The van der Waals surface area contributed by atoms with Gasteiger partial charge in [0, 0.05) is 16.6 Å². The minimum Gasteiger partial charge on any atom is -0.355 e. The third-order valence-corrected chi connectivity index (χ3v) is 8.06. The van der Waals surface area contributed by atoms with Gasteiger partial charge < -0.3 is 4.98 Å². The van der Waals surface area contributed by atoms with Crippen molar-refractivity contribution in [2.75, 3.05) is 0 Å². The summed E-state index contributed by atoms with van der Waals surface area (Å²) in [7, 11) is 0. The van der Waals surface area contributed by atoms with Crippen LogP contribution in [-0.4, -0.2) is 4.98 Å². The number of unbranched alkanes of at least 4 members (excludes halogenated alkanes) is 2. The van der Waals surface area contributed by atoms with Crippen LogP contribution in [0.4, 0.5) is 0 Å². The van der Waals surface area contributed by atoms with E-state index in [0.717, 1.165) is 17.8 Å². The Morgan fingerprint density at radius 1 is 0.844 bits per heavy atom. The van der Waals surface area contributed by atoms with Crippen molar-refractivity contribution in [2.24, 2.45) is 11.8 Å². The zero-order valence-corrected chi connectivity index (χ0v) is 20.4. The first-order valence-electron chi connectivity index (χ1n) is 13.4. The van der Waals surface area contributed by atoms with Crippen molar-refractivity contribution in [3.63, 3.8) is 0 Å². The van der Waals surface area contributed by atoms with Gasteiger partial charge in [-0.25, -0.2) is 0 Å². The third-order valence-electron chi connectivity index (χ3n) is 8.06. The molecule has 1 atom stereocenters. The standard InChI is InChI=1S/C31H43N/c1-3-5-11-24(4-2)12-6-7-13-25-18-20-26(21-19-25)27-15-10-16-28(22-27)31-23-29-14-8-9-17-30(29)32-31/h8-10,14-17,22-26,32H,3-7,11-13,18-21H2,1-2H3. The Balaban J connectivity index is 1.25. The van der Waals surface area contributed by atoms with Crippen LogP contribution in [0.1, 0.15) is 102 Å². The monoisotopic (exact) mass is 429 g/mol. The SMILES string of the molecule is CCCCC(CC)CCCCC1CCC(c2cccc(-c3cc4ccccc4[nH]3)c2)CC1. The highest BCUT2D eigenvalue weighted by atomic mass is 14.7. The summed E-state index contributed by atoms with van der Waals surface area (Å²) in [6.45, 7) is 4.70. The Morgan fingerprint density at radius 2 is 1.66 bits per heavy atom. The number of hydrogen-bond donors (Lipinski definition) is 1. The van der Waals surface area contributed by atoms with Crippen molar-refractivity contribution in [3.8, 4) is 11.3 Å². The van der Waals surface area contributed by atoms with Crippen LogP contribution in [0.2, 0.25) is 0 Å². The molecule has 1 fully saturated rings. The number of hydrogen-bond acceptors (Lipinski definition) is 0. The van der Waals surface area contributed by atoms with E-state index < -0.39 is 0 Å². The Kier molecular flexibility index (Phi) is 8.49. The fourth-order valence-corrected chi connectivity index (χ4v) is 5.88. The number of benzene rings is 2. The van der Waals surface area contributed by atoms with Gasteiger partial charge in [0.25, 0.3) is 0 Å². The van der Waals surface area contributed by atoms with Gasteiger partial charge in [-0.1, -0.05) is 102 Å². The first-order valence-corrected chi connectivity index (χ1v) is 13.4. The average molecular weight is 430 g/mol. The molecule has 2 aromatic carbocycles. The van der Waals surface area contributed by atoms with Gasteiger partial charge in [-0.2, -0.15) is 0 Å². The maximum atomic E-state index is 3.60. The summed E-state index contributed by atoms with van der Waals surface area (Å²) in [6, 6.07) is 20.2. The Morgan fingerprint density at radius 3 is 2.44 bits per heavy atom. The highest BCUT2D eigenvalue weighted by molar-refractivity contribution is 5.85. The summed E-state index contributed by atoms with van der Waals surface area (Å²) in [5, 5.41) is 1.30. The number of H-pyrrole nitrogens is 1. The lowest BCUT2D eigenvalue weighted by Crippen LogP contribution is -2.13. The molecular weight excluding hydrogens is 386 g/mol. The molecule has 1 saturated carbocycles. The van der Waals surface area contributed by atoms with Gasteiger partial charge >= 0.3 is 0 Å². The van der Waals surface area contributed by atoms with E-state index in [4.69, 9.17) is 0 Å². The first kappa shape index (κ1) is 23.1. The highest BCUT2D eigenvalue weighted by Gasteiger charge is 2.22. The van der Waals surface area contributed by atoms with Crippen molar-refractivity contribution in [1.82, 2.24) is 4.98 Å². The normalized spacial score (nSPS) is 19.9. The minimum absolute atomic E-state index is 0.745. The molecule has 1 unspecified atom stereocenters. The molecule has 0 bridgehead atoms. The summed E-state index contributed by atoms with van der Waals surface area (Å²) in [4.78, 5) is 3.60. The Bertz CT molecular complexity index is 911. The molecule has 1 aromatic heterocycles. The van der Waals surface area contributed by atoms with Gasteiger partial charge in [0.05, 0.1) is 0 Å².